The Hall–Kier alpha value is 0.01000. The van der Waals surface area contributed by atoms with Gasteiger partial charge >= 0.3 is 0 Å². The quantitative estimate of drug-likeness (QED) is 0.475. The first-order valence-electron chi connectivity index (χ1n) is 5.80. The molecule has 1 aliphatic heterocycles. The maximum absolute atomic E-state index is 5.84. The fraction of sp³-hybridized carbons (Fsp3) is 0.308. The van der Waals surface area contributed by atoms with Gasteiger partial charge in [-0.25, -0.2) is 3.11 Å². The van der Waals surface area contributed by atoms with Crippen molar-refractivity contribution in [2.45, 2.75) is 6.10 Å². The fourth-order valence-electron chi connectivity index (χ4n) is 2.14. The number of benzene rings is 1. The van der Waals surface area contributed by atoms with Crippen LogP contribution >= 0.6 is 45.5 Å². The average molecular weight is 466 g/mol. The molecule has 3 rings (SSSR count). The van der Waals surface area contributed by atoms with Crippen molar-refractivity contribution in [2.24, 2.45) is 0 Å². The largest absolute Gasteiger partial charge is 0.371 e. The highest BCUT2D eigenvalue weighted by molar-refractivity contribution is 14.1. The van der Waals surface area contributed by atoms with Crippen molar-refractivity contribution in [1.82, 2.24) is 8.10 Å². The van der Waals surface area contributed by atoms with E-state index in [1.807, 2.05) is 6.20 Å². The normalized spacial score (nSPS) is 21.3. The van der Waals surface area contributed by atoms with Gasteiger partial charge in [-0.1, -0.05) is 6.07 Å². The second kappa shape index (κ2) is 5.56. The Morgan fingerprint density at radius 2 is 2.22 bits per heavy atom. The second-order valence-corrected chi connectivity index (χ2v) is 6.94. The van der Waals surface area contributed by atoms with E-state index in [4.69, 9.17) is 4.74 Å². The van der Waals surface area contributed by atoms with E-state index in [0.29, 0.717) is 0 Å². The van der Waals surface area contributed by atoms with Crippen molar-refractivity contribution in [2.75, 3.05) is 19.7 Å². The summed E-state index contributed by atoms with van der Waals surface area (Å²) in [5, 5.41) is 1.19. The molecule has 2 heterocycles. The van der Waals surface area contributed by atoms with Crippen LogP contribution in [-0.4, -0.2) is 27.8 Å². The summed E-state index contributed by atoms with van der Waals surface area (Å²) in [7, 11) is 0. The molecule has 0 spiro atoms. The number of morpholine rings is 1. The number of hydrogen-bond donors (Lipinski definition) is 0. The van der Waals surface area contributed by atoms with Crippen LogP contribution in [0.4, 0.5) is 0 Å². The van der Waals surface area contributed by atoms with E-state index in [9.17, 15) is 0 Å². The molecular formula is C13H12I2N2O. The van der Waals surface area contributed by atoms with Crippen molar-refractivity contribution in [3.8, 4) is 0 Å². The minimum atomic E-state index is 0.179. The van der Waals surface area contributed by atoms with Crippen LogP contribution in [-0.2, 0) is 4.74 Å². The second-order valence-electron chi connectivity index (χ2n) is 4.33. The van der Waals surface area contributed by atoms with Gasteiger partial charge in [0.25, 0.3) is 0 Å². The third-order valence-corrected chi connectivity index (χ3v) is 4.53. The van der Waals surface area contributed by atoms with Gasteiger partial charge in [0, 0.05) is 51.1 Å². The molecule has 1 fully saturated rings. The fourth-order valence-corrected chi connectivity index (χ4v) is 3.17. The van der Waals surface area contributed by atoms with E-state index in [1.54, 1.807) is 0 Å². The topological polar surface area (TPSA) is 25.4 Å². The molecule has 1 aromatic heterocycles. The van der Waals surface area contributed by atoms with Crippen molar-refractivity contribution in [1.29, 1.82) is 0 Å². The van der Waals surface area contributed by atoms with Gasteiger partial charge in [0.05, 0.1) is 18.2 Å². The van der Waals surface area contributed by atoms with Crippen LogP contribution in [0.15, 0.2) is 30.5 Å². The minimum Gasteiger partial charge on any atom is -0.371 e. The molecule has 1 saturated heterocycles. The SMILES string of the molecule is Ic1cnc2ccc(C3CN(I)CCO3)cc2c1. The van der Waals surface area contributed by atoms with Crippen LogP contribution in [0.2, 0.25) is 0 Å². The summed E-state index contributed by atoms with van der Waals surface area (Å²) in [5.41, 5.74) is 2.29. The lowest BCUT2D eigenvalue weighted by Crippen LogP contribution is -2.31. The monoisotopic (exact) mass is 466 g/mol. The first kappa shape index (κ1) is 13.0. The summed E-state index contributed by atoms with van der Waals surface area (Å²) in [5.74, 6) is 0. The van der Waals surface area contributed by atoms with E-state index < -0.39 is 0 Å². The number of nitrogens with zero attached hydrogens (tertiary/aromatic N) is 2. The van der Waals surface area contributed by atoms with Crippen LogP contribution in [0.5, 0.6) is 0 Å². The first-order valence-corrected chi connectivity index (χ1v) is 7.84. The van der Waals surface area contributed by atoms with Crippen LogP contribution in [0, 0.1) is 3.57 Å². The highest BCUT2D eigenvalue weighted by Crippen LogP contribution is 2.26. The van der Waals surface area contributed by atoms with E-state index in [0.717, 1.165) is 28.8 Å². The highest BCUT2D eigenvalue weighted by atomic mass is 127. The van der Waals surface area contributed by atoms with Crippen LogP contribution in [0.25, 0.3) is 10.9 Å². The summed E-state index contributed by atoms with van der Waals surface area (Å²) in [6.07, 6.45) is 2.07. The van der Waals surface area contributed by atoms with Crippen LogP contribution in [0.1, 0.15) is 11.7 Å². The van der Waals surface area contributed by atoms with Gasteiger partial charge in [-0.05, 0) is 46.4 Å². The average Bonchev–Trinajstić information content (AvgIpc) is 2.38. The predicted molar refractivity (Wildman–Crippen MR) is 88.7 cm³/mol. The molecule has 5 heteroatoms. The summed E-state index contributed by atoms with van der Waals surface area (Å²) < 4.78 is 9.29. The summed E-state index contributed by atoms with van der Waals surface area (Å²) in [4.78, 5) is 4.42. The van der Waals surface area contributed by atoms with Gasteiger partial charge < -0.3 is 4.74 Å². The zero-order chi connectivity index (χ0) is 12.5. The Balaban J connectivity index is 1.96. The zero-order valence-electron chi connectivity index (χ0n) is 9.64. The molecule has 18 heavy (non-hydrogen) atoms. The molecule has 0 amide bonds. The Morgan fingerprint density at radius 3 is 3.06 bits per heavy atom. The molecule has 0 bridgehead atoms. The molecule has 0 aliphatic carbocycles. The van der Waals surface area contributed by atoms with Gasteiger partial charge in [0.2, 0.25) is 0 Å². The lowest BCUT2D eigenvalue weighted by molar-refractivity contribution is 0.00583. The Bertz CT molecular complexity index is 576. The van der Waals surface area contributed by atoms with Crippen LogP contribution in [0.3, 0.4) is 0 Å². The lowest BCUT2D eigenvalue weighted by atomic mass is 10.1. The minimum absolute atomic E-state index is 0.179. The molecule has 3 nitrogen and oxygen atoms in total. The smallest absolute Gasteiger partial charge is 0.0960 e. The first-order chi connectivity index (χ1) is 8.72. The third kappa shape index (κ3) is 2.78. The van der Waals surface area contributed by atoms with E-state index in [2.05, 4.69) is 77.8 Å². The Labute approximate surface area is 134 Å². The summed E-state index contributed by atoms with van der Waals surface area (Å²) in [6.45, 7) is 2.75. The highest BCUT2D eigenvalue weighted by Gasteiger charge is 2.20. The number of hydrogen-bond acceptors (Lipinski definition) is 3. The maximum Gasteiger partial charge on any atom is 0.0960 e. The van der Waals surface area contributed by atoms with Crippen molar-refractivity contribution < 1.29 is 4.74 Å². The molecule has 0 saturated carbocycles. The molecular weight excluding hydrogens is 454 g/mol. The van der Waals surface area contributed by atoms with Gasteiger partial charge in [-0.2, -0.15) is 0 Å². The van der Waals surface area contributed by atoms with Crippen LogP contribution < -0.4 is 0 Å². The molecule has 1 atom stereocenters. The molecule has 1 aliphatic rings. The zero-order valence-corrected chi connectivity index (χ0v) is 14.0. The number of pyridine rings is 1. The predicted octanol–water partition coefficient (Wildman–Crippen LogP) is 3.56. The third-order valence-electron chi connectivity index (χ3n) is 3.06. The molecule has 1 unspecified atom stereocenters. The van der Waals surface area contributed by atoms with E-state index in [1.165, 1.54) is 10.9 Å². The number of aromatic nitrogens is 1. The summed E-state index contributed by atoms with van der Waals surface area (Å²) in [6, 6.07) is 8.57. The Morgan fingerprint density at radius 1 is 1.33 bits per heavy atom. The van der Waals surface area contributed by atoms with Crippen molar-refractivity contribution in [3.63, 3.8) is 0 Å². The van der Waals surface area contributed by atoms with Gasteiger partial charge in [0.1, 0.15) is 0 Å². The summed E-state index contributed by atoms with van der Waals surface area (Å²) >= 11 is 4.66. The van der Waals surface area contributed by atoms with Crippen molar-refractivity contribution in [3.05, 3.63) is 39.6 Å². The Kier molecular flexibility index (Phi) is 4.02. The van der Waals surface area contributed by atoms with Gasteiger partial charge in [0.15, 0.2) is 0 Å². The number of ether oxygens (including phenoxy) is 1. The lowest BCUT2D eigenvalue weighted by Gasteiger charge is -2.28. The number of rotatable bonds is 1. The standard InChI is InChI=1S/C13H12I2N2O/c14-11-6-10-5-9(1-2-12(10)16-7-11)13-8-17(15)3-4-18-13/h1-2,5-7,13H,3-4,8H2. The number of halogens is 2. The maximum atomic E-state index is 5.84. The number of fused-ring (bicyclic) bond motifs is 1. The molecule has 94 valence electrons. The van der Waals surface area contributed by atoms with E-state index >= 15 is 0 Å². The van der Waals surface area contributed by atoms with Crippen molar-refractivity contribution >= 4 is 56.4 Å². The molecule has 0 radical (unpaired) electrons. The van der Waals surface area contributed by atoms with Gasteiger partial charge in [-0.15, -0.1) is 0 Å². The molecule has 0 N–H and O–H groups in total. The van der Waals surface area contributed by atoms with E-state index in [-0.39, 0.29) is 6.10 Å². The molecule has 2 aromatic rings. The van der Waals surface area contributed by atoms with Gasteiger partial charge in [-0.3, -0.25) is 4.98 Å². The molecule has 1 aromatic carbocycles.